The molecule has 0 fully saturated rings. The Balaban J connectivity index is 1.25. The lowest BCUT2D eigenvalue weighted by molar-refractivity contribution is -0.142. The van der Waals surface area contributed by atoms with E-state index in [-0.39, 0.29) is 75.3 Å². The lowest BCUT2D eigenvalue weighted by Crippen LogP contribution is -2.56. The fraction of sp³-hybridized carbons (Fsp3) is 0.500. The van der Waals surface area contributed by atoms with Gasteiger partial charge in [-0.3, -0.25) is 43.3 Å². The summed E-state index contributed by atoms with van der Waals surface area (Å²) in [5.41, 5.74) is 7.19. The van der Waals surface area contributed by atoms with Crippen LogP contribution >= 0.6 is 0 Å². The maximum absolute atomic E-state index is 15.1. The number of aliphatic hydroxyl groups excluding tert-OH is 1. The molecule has 23 heteroatoms. The minimum absolute atomic E-state index is 0.0696. The molecule has 0 spiro atoms. The quantitative estimate of drug-likeness (QED) is 0.0366. The van der Waals surface area contributed by atoms with Gasteiger partial charge in [0, 0.05) is 75.4 Å². The fourth-order valence-electron chi connectivity index (χ4n) is 8.28. The zero-order chi connectivity index (χ0) is 55.6. The zero-order valence-electron chi connectivity index (χ0n) is 43.2. The lowest BCUT2D eigenvalue weighted by atomic mass is 9.81. The van der Waals surface area contributed by atoms with Crippen LogP contribution in [0.15, 0.2) is 66.9 Å². The second-order valence-corrected chi connectivity index (χ2v) is 19.7. The third-order valence-electron chi connectivity index (χ3n) is 12.3. The van der Waals surface area contributed by atoms with Gasteiger partial charge in [0.15, 0.2) is 0 Å². The van der Waals surface area contributed by atoms with Gasteiger partial charge >= 0.3 is 5.97 Å². The van der Waals surface area contributed by atoms with Crippen molar-refractivity contribution < 1.29 is 62.1 Å². The van der Waals surface area contributed by atoms with E-state index < -0.39 is 95.3 Å². The predicted molar refractivity (Wildman–Crippen MR) is 270 cm³/mol. The van der Waals surface area contributed by atoms with Gasteiger partial charge in [0.25, 0.3) is 11.8 Å². The molecular weight excluding hydrogens is 979 g/mol. The van der Waals surface area contributed by atoms with Crippen molar-refractivity contribution in [2.75, 3.05) is 32.8 Å². The van der Waals surface area contributed by atoms with Crippen molar-refractivity contribution in [3.8, 4) is 5.69 Å². The van der Waals surface area contributed by atoms with Crippen molar-refractivity contribution in [2.45, 2.75) is 123 Å². The molecule has 5 atom stereocenters. The molecule has 0 radical (unpaired) electrons. The van der Waals surface area contributed by atoms with E-state index in [2.05, 4.69) is 26.6 Å². The summed E-state index contributed by atoms with van der Waals surface area (Å²) < 4.78 is 30.7. The number of hydrogen-bond acceptors (Lipinski definition) is 12. The third-order valence-corrected chi connectivity index (χ3v) is 12.3. The van der Waals surface area contributed by atoms with Gasteiger partial charge < -0.3 is 47.4 Å². The molecule has 2 heterocycles. The number of hydrogen-bond donors (Lipinski definition) is 8. The molecule has 0 saturated carbocycles. The van der Waals surface area contributed by atoms with Gasteiger partial charge in [0.1, 0.15) is 42.1 Å². The smallest absolute Gasteiger partial charge is 0.326 e. The number of nitrogens with two attached hydrogens (primary N) is 1. The van der Waals surface area contributed by atoms with Gasteiger partial charge in [-0.15, -0.1) is 0 Å². The Kier molecular flexibility index (Phi) is 22.7. The number of aliphatic hydroxyl groups is 1. The minimum Gasteiger partial charge on any atom is -0.480 e. The van der Waals surface area contributed by atoms with Gasteiger partial charge in [0.05, 0.1) is 17.8 Å². The van der Waals surface area contributed by atoms with E-state index in [1.807, 2.05) is 51.1 Å². The standard InChI is InChI=1S/C52H70F2N10O11/c1-31(2)45(60-41(67)15-11-8-12-25-62-42(68)20-21-43(62)69)50(73)58-32(3)48(71)59-38(51(74)75)18-19-40(66)56-23-24-57-49(72)37(55)22-26-63(44(70)30-65)47(52(4,5)6)46-34(27-33-13-9-7-10-14-33)29-64(61-46)39-28-35(53)16-17-36(39)54/h7,9-10,13-14,16-17,20-21,28-29,31-32,37-38,45,47,65H,8,11-12,15,18-19,22-27,30,55H2,1-6H3,(H,56,66)(H,57,72)(H,58,73)(H,59,71)(H,60,67)(H,74,75)/t32-,37-,38-,45?,47-/m0/s1. The normalized spacial score (nSPS) is 14.4. The van der Waals surface area contributed by atoms with Crippen LogP contribution in [0.2, 0.25) is 0 Å². The summed E-state index contributed by atoms with van der Waals surface area (Å²) in [6.45, 7) is 9.29. The van der Waals surface area contributed by atoms with E-state index in [1.54, 1.807) is 20.0 Å². The monoisotopic (exact) mass is 1050 g/mol. The molecule has 0 bridgehead atoms. The third kappa shape index (κ3) is 18.2. The van der Waals surface area contributed by atoms with E-state index >= 15 is 4.39 Å². The molecule has 0 saturated heterocycles. The number of benzene rings is 2. The summed E-state index contributed by atoms with van der Waals surface area (Å²) in [6, 6.07) is 6.49. The number of aliphatic carboxylic acids is 1. The summed E-state index contributed by atoms with van der Waals surface area (Å²) in [6.07, 6.45) is 5.06. The first-order valence-electron chi connectivity index (χ1n) is 24.9. The number of halogens is 2. The number of nitrogens with one attached hydrogen (secondary N) is 5. The van der Waals surface area contributed by atoms with Crippen LogP contribution in [-0.2, 0) is 49.6 Å². The second-order valence-electron chi connectivity index (χ2n) is 19.7. The molecule has 75 heavy (non-hydrogen) atoms. The molecule has 1 aliphatic rings. The molecule has 1 aliphatic heterocycles. The average Bonchev–Trinajstić information content (AvgIpc) is 3.91. The highest BCUT2D eigenvalue weighted by molar-refractivity contribution is 6.12. The fourth-order valence-corrected chi connectivity index (χ4v) is 8.28. The van der Waals surface area contributed by atoms with Gasteiger partial charge in [-0.2, -0.15) is 5.10 Å². The number of carboxylic acid groups (broad SMARTS) is 1. The molecule has 1 aromatic heterocycles. The lowest BCUT2D eigenvalue weighted by Gasteiger charge is -2.40. The van der Waals surface area contributed by atoms with Crippen LogP contribution in [0, 0.1) is 23.0 Å². The highest BCUT2D eigenvalue weighted by Gasteiger charge is 2.39. The first-order chi connectivity index (χ1) is 35.4. The molecule has 4 rings (SSSR count). The Morgan fingerprint density at radius 3 is 2.09 bits per heavy atom. The number of imide groups is 1. The highest BCUT2D eigenvalue weighted by Crippen LogP contribution is 2.40. The van der Waals surface area contributed by atoms with Crippen molar-refractivity contribution in [1.82, 2.24) is 46.2 Å². The Morgan fingerprint density at radius 1 is 0.800 bits per heavy atom. The van der Waals surface area contributed by atoms with E-state index in [4.69, 9.17) is 10.8 Å². The number of unbranched alkanes of at least 4 members (excludes halogenated alkanes) is 2. The molecule has 2 aromatic carbocycles. The van der Waals surface area contributed by atoms with Crippen LogP contribution in [0.25, 0.3) is 5.69 Å². The van der Waals surface area contributed by atoms with E-state index in [9.17, 15) is 57.8 Å². The van der Waals surface area contributed by atoms with Crippen LogP contribution < -0.4 is 32.3 Å². The first kappa shape index (κ1) is 60.2. The van der Waals surface area contributed by atoms with Crippen molar-refractivity contribution in [3.63, 3.8) is 0 Å². The van der Waals surface area contributed by atoms with Crippen LogP contribution in [0.3, 0.4) is 0 Å². The number of rotatable bonds is 29. The molecular formula is C52H70F2N10O11. The SMILES string of the molecule is CC(C)C(NC(=O)CCCCCN1C(=O)C=CC1=O)C(=O)N[C@@H](C)C(=O)N[C@@H](CCC(=O)NCCNC(=O)[C@@H](N)CCN(C(=O)CO)[C@@H](c1nn(-c2cc(F)ccc2F)cc1Cc1ccccc1)C(C)(C)C)C(=O)O. The average molecular weight is 1050 g/mol. The highest BCUT2D eigenvalue weighted by atomic mass is 19.1. The molecule has 8 amide bonds. The number of carboxylic acids is 1. The van der Waals surface area contributed by atoms with Gasteiger partial charge in [0.2, 0.25) is 35.4 Å². The predicted octanol–water partition coefficient (Wildman–Crippen LogP) is 2.08. The van der Waals surface area contributed by atoms with Crippen LogP contribution in [0.5, 0.6) is 0 Å². The Bertz CT molecular complexity index is 2530. The summed E-state index contributed by atoms with van der Waals surface area (Å²) in [5, 5.41) is 37.3. The van der Waals surface area contributed by atoms with Gasteiger partial charge in [-0.05, 0) is 61.6 Å². The Hall–Kier alpha value is -7.40. The number of carbonyl (C=O) groups excluding carboxylic acids is 8. The van der Waals surface area contributed by atoms with Crippen molar-refractivity contribution >= 4 is 53.2 Å². The van der Waals surface area contributed by atoms with E-state index in [1.165, 1.54) is 28.7 Å². The van der Waals surface area contributed by atoms with Crippen molar-refractivity contribution in [2.24, 2.45) is 17.1 Å². The number of nitrogens with zero attached hydrogens (tertiary/aromatic N) is 4. The summed E-state index contributed by atoms with van der Waals surface area (Å²) in [4.78, 5) is 116. The van der Waals surface area contributed by atoms with Crippen LogP contribution in [-0.4, -0.2) is 140 Å². The molecule has 408 valence electrons. The zero-order valence-corrected chi connectivity index (χ0v) is 43.2. The van der Waals surface area contributed by atoms with Gasteiger partial charge in [-0.1, -0.05) is 71.4 Å². The number of aromatic nitrogens is 2. The summed E-state index contributed by atoms with van der Waals surface area (Å²) in [7, 11) is 0. The second kappa shape index (κ2) is 28.3. The molecule has 1 unspecified atom stereocenters. The van der Waals surface area contributed by atoms with E-state index in [0.29, 0.717) is 36.9 Å². The van der Waals surface area contributed by atoms with Crippen molar-refractivity contribution in [1.29, 1.82) is 0 Å². The Morgan fingerprint density at radius 2 is 1.47 bits per heavy atom. The number of amides is 8. The van der Waals surface area contributed by atoms with Crippen LogP contribution in [0.4, 0.5) is 8.78 Å². The Labute approximate surface area is 434 Å². The van der Waals surface area contributed by atoms with Gasteiger partial charge in [-0.25, -0.2) is 18.3 Å². The molecule has 9 N–H and O–H groups in total. The maximum Gasteiger partial charge on any atom is 0.326 e. The minimum atomic E-state index is -1.52. The van der Waals surface area contributed by atoms with E-state index in [0.717, 1.165) is 28.7 Å². The summed E-state index contributed by atoms with van der Waals surface area (Å²) in [5.74, 6) is -7.88. The van der Waals surface area contributed by atoms with Crippen LogP contribution in [0.1, 0.15) is 109 Å². The topological polar surface area (TPSA) is 305 Å². The molecule has 3 aromatic rings. The first-order valence-corrected chi connectivity index (χ1v) is 24.9. The summed E-state index contributed by atoms with van der Waals surface area (Å²) >= 11 is 0. The largest absolute Gasteiger partial charge is 0.480 e. The molecule has 0 aliphatic carbocycles. The number of carbonyl (C=O) groups is 9. The van der Waals surface area contributed by atoms with Crippen molar-refractivity contribution in [3.05, 3.63) is 95.3 Å². The maximum atomic E-state index is 15.1. The molecule has 21 nitrogen and oxygen atoms in total.